The molecule has 0 aliphatic carbocycles. The summed E-state index contributed by atoms with van der Waals surface area (Å²) in [5.74, 6) is -0.948. The fraction of sp³-hybridized carbons (Fsp3) is 0.286. The number of amides is 1. The van der Waals surface area contributed by atoms with Crippen LogP contribution in [-0.2, 0) is 9.59 Å². The number of carboxylic acids is 1. The van der Waals surface area contributed by atoms with E-state index in [9.17, 15) is 14.4 Å². The lowest BCUT2D eigenvalue weighted by atomic mass is 10.0. The van der Waals surface area contributed by atoms with Crippen molar-refractivity contribution in [2.24, 2.45) is 0 Å². The first-order valence-corrected chi connectivity index (χ1v) is 8.73. The summed E-state index contributed by atoms with van der Waals surface area (Å²) in [4.78, 5) is 34.1. The molecule has 2 N–H and O–H groups in total. The minimum Gasteiger partial charge on any atom is -0.494 e. The fourth-order valence-electron chi connectivity index (χ4n) is 2.43. The van der Waals surface area contributed by atoms with Crippen LogP contribution in [0.1, 0.15) is 48.5 Å². The van der Waals surface area contributed by atoms with Gasteiger partial charge in [-0.3, -0.25) is 14.4 Å². The Morgan fingerprint density at radius 3 is 2.22 bits per heavy atom. The zero-order chi connectivity index (χ0) is 19.8. The second-order valence-corrected chi connectivity index (χ2v) is 6.26. The Labute approximate surface area is 158 Å². The maximum atomic E-state index is 12.0. The van der Waals surface area contributed by atoms with Gasteiger partial charge in [0.25, 0.3) is 0 Å². The molecule has 1 unspecified atom stereocenters. The standard InChI is InChI=1S/C21H23NO5/c1-14(21(25)26)16-5-9-18(10-6-16)22-20(24)4-3-13-27-19-11-7-17(8-12-19)15(2)23/h5-12,14H,3-4,13H2,1-2H3,(H,22,24)(H,25,26). The van der Waals surface area contributed by atoms with Gasteiger partial charge in [-0.1, -0.05) is 12.1 Å². The predicted octanol–water partition coefficient (Wildman–Crippen LogP) is 3.88. The van der Waals surface area contributed by atoms with Gasteiger partial charge >= 0.3 is 5.97 Å². The monoisotopic (exact) mass is 369 g/mol. The van der Waals surface area contributed by atoms with Crippen molar-refractivity contribution in [2.75, 3.05) is 11.9 Å². The van der Waals surface area contributed by atoms with Gasteiger partial charge in [-0.15, -0.1) is 0 Å². The maximum Gasteiger partial charge on any atom is 0.310 e. The molecule has 2 aromatic rings. The highest BCUT2D eigenvalue weighted by molar-refractivity contribution is 5.94. The molecule has 0 fully saturated rings. The van der Waals surface area contributed by atoms with E-state index in [0.29, 0.717) is 42.0 Å². The first-order valence-electron chi connectivity index (χ1n) is 8.73. The normalized spacial score (nSPS) is 11.5. The molecule has 1 amide bonds. The number of carbonyl (C=O) groups excluding carboxylic acids is 2. The highest BCUT2D eigenvalue weighted by atomic mass is 16.5. The van der Waals surface area contributed by atoms with Crippen molar-refractivity contribution < 1.29 is 24.2 Å². The van der Waals surface area contributed by atoms with Crippen molar-refractivity contribution in [2.45, 2.75) is 32.6 Å². The summed E-state index contributed by atoms with van der Waals surface area (Å²) in [6, 6.07) is 13.7. The third-order valence-electron chi connectivity index (χ3n) is 4.14. The molecule has 0 aliphatic heterocycles. The maximum absolute atomic E-state index is 12.0. The van der Waals surface area contributed by atoms with Crippen LogP contribution in [-0.4, -0.2) is 29.4 Å². The number of nitrogens with one attached hydrogen (secondary N) is 1. The molecule has 1 atom stereocenters. The van der Waals surface area contributed by atoms with E-state index in [1.54, 1.807) is 55.5 Å². The first kappa shape index (κ1) is 20.2. The lowest BCUT2D eigenvalue weighted by molar-refractivity contribution is -0.138. The summed E-state index contributed by atoms with van der Waals surface area (Å²) in [6.07, 6.45) is 0.854. The lowest BCUT2D eigenvalue weighted by Gasteiger charge is -2.09. The third kappa shape index (κ3) is 6.26. The molecule has 2 rings (SSSR count). The molecule has 0 bridgehead atoms. The molecule has 6 heteroatoms. The number of ketones is 1. The van der Waals surface area contributed by atoms with Gasteiger partial charge in [-0.25, -0.2) is 0 Å². The predicted molar refractivity (Wildman–Crippen MR) is 102 cm³/mol. The van der Waals surface area contributed by atoms with Gasteiger partial charge in [-0.05, 0) is 62.2 Å². The van der Waals surface area contributed by atoms with E-state index in [2.05, 4.69) is 5.32 Å². The van der Waals surface area contributed by atoms with E-state index >= 15 is 0 Å². The Morgan fingerprint density at radius 2 is 1.67 bits per heavy atom. The summed E-state index contributed by atoms with van der Waals surface area (Å²) < 4.78 is 5.56. The Hall–Kier alpha value is -3.15. The van der Waals surface area contributed by atoms with Crippen LogP contribution < -0.4 is 10.1 Å². The largest absolute Gasteiger partial charge is 0.494 e. The fourth-order valence-corrected chi connectivity index (χ4v) is 2.43. The van der Waals surface area contributed by atoms with Gasteiger partial charge in [0, 0.05) is 17.7 Å². The molecular formula is C21H23NO5. The highest BCUT2D eigenvalue weighted by Gasteiger charge is 2.13. The average Bonchev–Trinajstić information content (AvgIpc) is 2.65. The minimum atomic E-state index is -0.886. The molecule has 0 saturated carbocycles. The number of anilines is 1. The Bertz CT molecular complexity index is 796. The van der Waals surface area contributed by atoms with Crippen molar-refractivity contribution in [3.8, 4) is 5.75 Å². The number of aliphatic carboxylic acids is 1. The van der Waals surface area contributed by atoms with E-state index in [1.165, 1.54) is 6.92 Å². The second-order valence-electron chi connectivity index (χ2n) is 6.26. The minimum absolute atomic E-state index is 0.00340. The number of Topliss-reactive ketones (excluding diaryl/α,β-unsaturated/α-hetero) is 1. The molecular weight excluding hydrogens is 346 g/mol. The van der Waals surface area contributed by atoms with Crippen LogP contribution in [0.2, 0.25) is 0 Å². The van der Waals surface area contributed by atoms with Crippen LogP contribution in [0.15, 0.2) is 48.5 Å². The number of hydrogen-bond acceptors (Lipinski definition) is 4. The van der Waals surface area contributed by atoms with Gasteiger partial charge in [0.05, 0.1) is 12.5 Å². The summed E-state index contributed by atoms with van der Waals surface area (Å²) in [5, 5.41) is 11.8. The Balaban J connectivity index is 1.73. The lowest BCUT2D eigenvalue weighted by Crippen LogP contribution is -2.13. The molecule has 6 nitrogen and oxygen atoms in total. The van der Waals surface area contributed by atoms with Crippen molar-refractivity contribution in [1.29, 1.82) is 0 Å². The number of rotatable bonds is 9. The number of carbonyl (C=O) groups is 3. The zero-order valence-electron chi connectivity index (χ0n) is 15.4. The molecule has 0 aromatic heterocycles. The van der Waals surface area contributed by atoms with Crippen LogP contribution in [0.5, 0.6) is 5.75 Å². The second kappa shape index (κ2) is 9.52. The molecule has 0 aliphatic rings. The van der Waals surface area contributed by atoms with Gasteiger partial charge in [0.1, 0.15) is 5.75 Å². The summed E-state index contributed by atoms with van der Waals surface area (Å²) in [6.45, 7) is 3.51. The number of carboxylic acid groups (broad SMARTS) is 1. The highest BCUT2D eigenvalue weighted by Crippen LogP contribution is 2.18. The molecule has 0 heterocycles. The van der Waals surface area contributed by atoms with Crippen molar-refractivity contribution >= 4 is 23.3 Å². The van der Waals surface area contributed by atoms with Gasteiger partial charge < -0.3 is 15.2 Å². The first-order chi connectivity index (χ1) is 12.9. The molecule has 27 heavy (non-hydrogen) atoms. The van der Waals surface area contributed by atoms with Crippen molar-refractivity contribution in [1.82, 2.24) is 0 Å². The van der Waals surface area contributed by atoms with Crippen LogP contribution in [0.25, 0.3) is 0 Å². The third-order valence-corrected chi connectivity index (χ3v) is 4.14. The van der Waals surface area contributed by atoms with Gasteiger partial charge in [0.2, 0.25) is 5.91 Å². The van der Waals surface area contributed by atoms with E-state index in [0.717, 1.165) is 0 Å². The Morgan fingerprint density at radius 1 is 1.04 bits per heavy atom. The molecule has 2 aromatic carbocycles. The summed E-state index contributed by atoms with van der Waals surface area (Å²) in [5.41, 5.74) is 1.94. The molecule has 0 spiro atoms. The van der Waals surface area contributed by atoms with E-state index in [4.69, 9.17) is 9.84 Å². The molecule has 0 saturated heterocycles. The summed E-state index contributed by atoms with van der Waals surface area (Å²) in [7, 11) is 0. The number of ether oxygens (including phenoxy) is 1. The van der Waals surface area contributed by atoms with Crippen molar-refractivity contribution in [3.05, 3.63) is 59.7 Å². The SMILES string of the molecule is CC(=O)c1ccc(OCCCC(=O)Nc2ccc(C(C)C(=O)O)cc2)cc1. The topological polar surface area (TPSA) is 92.7 Å². The number of benzene rings is 2. The van der Waals surface area contributed by atoms with Crippen LogP contribution in [0.3, 0.4) is 0 Å². The smallest absolute Gasteiger partial charge is 0.310 e. The Kier molecular flexibility index (Phi) is 7.11. The zero-order valence-corrected chi connectivity index (χ0v) is 15.4. The molecule has 0 radical (unpaired) electrons. The van der Waals surface area contributed by atoms with Crippen LogP contribution in [0, 0.1) is 0 Å². The van der Waals surface area contributed by atoms with Crippen LogP contribution >= 0.6 is 0 Å². The summed E-state index contributed by atoms with van der Waals surface area (Å²) >= 11 is 0. The van der Waals surface area contributed by atoms with E-state index < -0.39 is 11.9 Å². The van der Waals surface area contributed by atoms with E-state index in [-0.39, 0.29) is 11.7 Å². The number of hydrogen-bond donors (Lipinski definition) is 2. The van der Waals surface area contributed by atoms with Gasteiger partial charge in [-0.2, -0.15) is 0 Å². The van der Waals surface area contributed by atoms with Crippen LogP contribution in [0.4, 0.5) is 5.69 Å². The quantitative estimate of drug-likeness (QED) is 0.517. The van der Waals surface area contributed by atoms with Gasteiger partial charge in [0.15, 0.2) is 5.78 Å². The van der Waals surface area contributed by atoms with E-state index in [1.807, 2.05) is 0 Å². The average molecular weight is 369 g/mol. The van der Waals surface area contributed by atoms with Crippen molar-refractivity contribution in [3.63, 3.8) is 0 Å². The molecule has 142 valence electrons.